The number of unbranched alkanes of at least 4 members (excludes halogenated alkanes) is 3. The molecule has 0 aliphatic carbocycles. The Balaban J connectivity index is 2.49. The van der Waals surface area contributed by atoms with Crippen LogP contribution in [0.1, 0.15) is 52.0 Å². The van der Waals surface area contributed by atoms with E-state index in [1.54, 1.807) is 0 Å². The lowest BCUT2D eigenvalue weighted by Crippen LogP contribution is -1.98. The van der Waals surface area contributed by atoms with Crippen molar-refractivity contribution in [3.8, 4) is 5.75 Å². The molecule has 0 unspecified atom stereocenters. The molecule has 0 heterocycles. The first-order valence-corrected chi connectivity index (χ1v) is 6.60. The maximum absolute atomic E-state index is 5.84. The third-order valence-corrected chi connectivity index (χ3v) is 2.62. The van der Waals surface area contributed by atoms with Gasteiger partial charge < -0.3 is 4.74 Å². The summed E-state index contributed by atoms with van der Waals surface area (Å²) >= 11 is 0. The largest absolute Gasteiger partial charge is 0.493 e. The van der Waals surface area contributed by atoms with Crippen LogP contribution in [0.25, 0.3) is 6.08 Å². The van der Waals surface area contributed by atoms with E-state index in [2.05, 4.69) is 45.0 Å². The molecule has 1 rings (SSSR count). The molecule has 0 N–H and O–H groups in total. The van der Waals surface area contributed by atoms with Crippen LogP contribution in [-0.2, 0) is 0 Å². The molecule has 0 spiro atoms. The summed E-state index contributed by atoms with van der Waals surface area (Å²) in [6, 6.07) is 8.24. The SMILES string of the molecule is CCCCCCOc1ccccc1C=C(C)C. The first kappa shape index (κ1) is 13.8. The second-order valence-corrected chi connectivity index (χ2v) is 4.67. The predicted octanol–water partition coefficient (Wildman–Crippen LogP) is 5.07. The topological polar surface area (TPSA) is 9.23 Å². The van der Waals surface area contributed by atoms with Crippen molar-refractivity contribution in [2.24, 2.45) is 0 Å². The summed E-state index contributed by atoms with van der Waals surface area (Å²) in [4.78, 5) is 0. The molecular formula is C16H24O. The summed E-state index contributed by atoms with van der Waals surface area (Å²) in [6.45, 7) is 7.27. The average Bonchev–Trinajstić information content (AvgIpc) is 2.30. The highest BCUT2D eigenvalue weighted by Gasteiger charge is 1.99. The number of para-hydroxylation sites is 1. The zero-order chi connectivity index (χ0) is 12.5. The van der Waals surface area contributed by atoms with Gasteiger partial charge in [0.15, 0.2) is 0 Å². The minimum atomic E-state index is 0.827. The van der Waals surface area contributed by atoms with Crippen molar-refractivity contribution >= 4 is 6.08 Å². The predicted molar refractivity (Wildman–Crippen MR) is 75.4 cm³/mol. The van der Waals surface area contributed by atoms with Crippen molar-refractivity contribution in [1.29, 1.82) is 0 Å². The Morgan fingerprint density at radius 2 is 1.88 bits per heavy atom. The van der Waals surface area contributed by atoms with Crippen LogP contribution in [0.5, 0.6) is 5.75 Å². The molecular weight excluding hydrogens is 208 g/mol. The lowest BCUT2D eigenvalue weighted by Gasteiger charge is -2.09. The van der Waals surface area contributed by atoms with Crippen LogP contribution in [0.3, 0.4) is 0 Å². The fraction of sp³-hybridized carbons (Fsp3) is 0.500. The highest BCUT2D eigenvalue weighted by molar-refractivity contribution is 5.58. The quantitative estimate of drug-likeness (QED) is 0.596. The lowest BCUT2D eigenvalue weighted by atomic mass is 10.1. The van der Waals surface area contributed by atoms with E-state index >= 15 is 0 Å². The molecule has 0 saturated carbocycles. The summed E-state index contributed by atoms with van der Waals surface area (Å²) in [5.41, 5.74) is 2.48. The van der Waals surface area contributed by atoms with Crippen LogP contribution < -0.4 is 4.74 Å². The number of hydrogen-bond acceptors (Lipinski definition) is 1. The zero-order valence-electron chi connectivity index (χ0n) is 11.3. The van der Waals surface area contributed by atoms with E-state index in [1.165, 1.54) is 30.4 Å². The van der Waals surface area contributed by atoms with E-state index < -0.39 is 0 Å². The van der Waals surface area contributed by atoms with E-state index in [0.717, 1.165) is 18.8 Å². The summed E-state index contributed by atoms with van der Waals surface area (Å²) in [6.07, 6.45) is 7.16. The van der Waals surface area contributed by atoms with Gasteiger partial charge in [0.25, 0.3) is 0 Å². The van der Waals surface area contributed by atoms with Gasteiger partial charge in [-0.05, 0) is 26.3 Å². The molecule has 0 fully saturated rings. The Kier molecular flexibility index (Phi) is 6.46. The number of rotatable bonds is 7. The average molecular weight is 232 g/mol. The Bertz CT molecular complexity index is 348. The monoisotopic (exact) mass is 232 g/mol. The molecule has 0 bridgehead atoms. The van der Waals surface area contributed by atoms with Gasteiger partial charge in [-0.2, -0.15) is 0 Å². The Labute approximate surface area is 106 Å². The van der Waals surface area contributed by atoms with Crippen LogP contribution in [-0.4, -0.2) is 6.61 Å². The summed E-state index contributed by atoms with van der Waals surface area (Å²) in [5, 5.41) is 0. The minimum Gasteiger partial charge on any atom is -0.493 e. The first-order valence-electron chi connectivity index (χ1n) is 6.60. The maximum atomic E-state index is 5.84. The molecule has 0 aliphatic heterocycles. The summed E-state index contributed by atoms with van der Waals surface area (Å²) in [7, 11) is 0. The molecule has 0 radical (unpaired) electrons. The third-order valence-electron chi connectivity index (χ3n) is 2.62. The van der Waals surface area contributed by atoms with Crippen molar-refractivity contribution in [2.75, 3.05) is 6.61 Å². The third kappa shape index (κ3) is 5.58. The maximum Gasteiger partial charge on any atom is 0.126 e. The molecule has 0 saturated heterocycles. The fourth-order valence-corrected chi connectivity index (χ4v) is 1.75. The van der Waals surface area contributed by atoms with Crippen LogP contribution in [0, 0.1) is 0 Å². The Morgan fingerprint density at radius 1 is 1.12 bits per heavy atom. The van der Waals surface area contributed by atoms with Crippen molar-refractivity contribution in [3.05, 3.63) is 35.4 Å². The van der Waals surface area contributed by atoms with Crippen molar-refractivity contribution < 1.29 is 4.74 Å². The Hall–Kier alpha value is -1.24. The Morgan fingerprint density at radius 3 is 2.59 bits per heavy atom. The van der Waals surface area contributed by atoms with Gasteiger partial charge in [-0.25, -0.2) is 0 Å². The molecule has 17 heavy (non-hydrogen) atoms. The normalized spacial score (nSPS) is 10.1. The van der Waals surface area contributed by atoms with Crippen molar-refractivity contribution in [1.82, 2.24) is 0 Å². The van der Waals surface area contributed by atoms with E-state index in [0.29, 0.717) is 0 Å². The summed E-state index contributed by atoms with van der Waals surface area (Å²) < 4.78 is 5.84. The molecule has 94 valence electrons. The smallest absolute Gasteiger partial charge is 0.126 e. The van der Waals surface area contributed by atoms with Crippen molar-refractivity contribution in [3.63, 3.8) is 0 Å². The van der Waals surface area contributed by atoms with E-state index in [9.17, 15) is 0 Å². The summed E-state index contributed by atoms with van der Waals surface area (Å²) in [5.74, 6) is 1.00. The second-order valence-electron chi connectivity index (χ2n) is 4.67. The number of ether oxygens (including phenoxy) is 1. The van der Waals surface area contributed by atoms with Gasteiger partial charge in [-0.3, -0.25) is 0 Å². The number of hydrogen-bond donors (Lipinski definition) is 0. The van der Waals surface area contributed by atoms with Crippen molar-refractivity contribution in [2.45, 2.75) is 46.5 Å². The molecule has 0 atom stereocenters. The highest BCUT2D eigenvalue weighted by atomic mass is 16.5. The zero-order valence-corrected chi connectivity index (χ0v) is 11.3. The molecule has 0 aliphatic rings. The van der Waals surface area contributed by atoms with Crippen LogP contribution in [0.4, 0.5) is 0 Å². The van der Waals surface area contributed by atoms with Gasteiger partial charge in [-0.15, -0.1) is 0 Å². The fourth-order valence-electron chi connectivity index (χ4n) is 1.75. The van der Waals surface area contributed by atoms with Crippen LogP contribution >= 0.6 is 0 Å². The van der Waals surface area contributed by atoms with E-state index in [-0.39, 0.29) is 0 Å². The number of allylic oxidation sites excluding steroid dienone is 1. The molecule has 1 aromatic carbocycles. The standard InChI is InChI=1S/C16H24O/c1-4-5-6-9-12-17-16-11-8-7-10-15(16)13-14(2)3/h7-8,10-11,13H,4-6,9,12H2,1-3H3. The van der Waals surface area contributed by atoms with E-state index in [1.807, 2.05) is 6.07 Å². The highest BCUT2D eigenvalue weighted by Crippen LogP contribution is 2.21. The van der Waals surface area contributed by atoms with E-state index in [4.69, 9.17) is 4.74 Å². The van der Waals surface area contributed by atoms with Gasteiger partial charge in [0.05, 0.1) is 6.61 Å². The second kappa shape index (κ2) is 7.94. The number of benzene rings is 1. The molecule has 0 aromatic heterocycles. The van der Waals surface area contributed by atoms with Gasteiger partial charge in [0.2, 0.25) is 0 Å². The van der Waals surface area contributed by atoms with Gasteiger partial charge in [0, 0.05) is 5.56 Å². The first-order chi connectivity index (χ1) is 8.24. The lowest BCUT2D eigenvalue weighted by molar-refractivity contribution is 0.304. The van der Waals surface area contributed by atoms with Gasteiger partial charge in [0.1, 0.15) is 5.75 Å². The molecule has 0 amide bonds. The van der Waals surface area contributed by atoms with Crippen LogP contribution in [0.15, 0.2) is 29.8 Å². The molecule has 1 heteroatoms. The molecule has 1 nitrogen and oxygen atoms in total. The van der Waals surface area contributed by atoms with Gasteiger partial charge in [-0.1, -0.05) is 56.0 Å². The molecule has 1 aromatic rings. The van der Waals surface area contributed by atoms with Crippen LogP contribution in [0.2, 0.25) is 0 Å². The minimum absolute atomic E-state index is 0.827. The van der Waals surface area contributed by atoms with Gasteiger partial charge >= 0.3 is 0 Å².